The molecule has 0 saturated carbocycles. The molecule has 3 atom stereocenters. The number of aryl methyl sites for hydroxylation is 2. The lowest BCUT2D eigenvalue weighted by Crippen LogP contribution is -2.44. The number of carbonyl (C=O) groups excluding carboxylic acids is 1. The van der Waals surface area contributed by atoms with Crippen LogP contribution in [0.25, 0.3) is 10.6 Å². The molecule has 0 radical (unpaired) electrons. The highest BCUT2D eigenvalue weighted by Gasteiger charge is 2.33. The molecule has 2 aromatic heterocycles. The van der Waals surface area contributed by atoms with E-state index in [1.165, 1.54) is 23.5 Å². The number of aromatic nitrogens is 4. The molecule has 5 rings (SSSR count). The number of rotatable bonds is 5. The van der Waals surface area contributed by atoms with Crippen LogP contribution in [0.5, 0.6) is 0 Å². The van der Waals surface area contributed by atoms with Crippen molar-refractivity contribution in [1.82, 2.24) is 24.9 Å². The van der Waals surface area contributed by atoms with E-state index in [2.05, 4.69) is 38.1 Å². The first-order chi connectivity index (χ1) is 18.1. The number of piperidine rings is 1. The molecule has 2 aromatic carbocycles. The average Bonchev–Trinajstić information content (AvgIpc) is 3.54. The average molecular weight is 601 g/mol. The number of hydrogen-bond acceptors (Lipinski definition) is 5. The molecule has 0 aliphatic carbocycles. The highest BCUT2D eigenvalue weighted by atomic mass is 79.9. The normalized spacial score (nSPS) is 18.6. The zero-order valence-corrected chi connectivity index (χ0v) is 24.0. The SMILES string of the molecule is Cc1cc(-c2nc(C)c(C(=O)N3CCC(c4cn([C@@H](C)c5ccc(F)c(Br)c5)nn4)CC3C)s2)ccc1F. The molecule has 0 bridgehead atoms. The number of halogens is 3. The van der Waals surface area contributed by atoms with Gasteiger partial charge in [-0.05, 0) is 97.9 Å². The quantitative estimate of drug-likeness (QED) is 0.246. The summed E-state index contributed by atoms with van der Waals surface area (Å²) >= 11 is 4.61. The minimum Gasteiger partial charge on any atom is -0.335 e. The lowest BCUT2D eigenvalue weighted by atomic mass is 9.89. The third-order valence-corrected chi connectivity index (χ3v) is 9.10. The molecular weight excluding hydrogens is 572 g/mol. The highest BCUT2D eigenvalue weighted by Crippen LogP contribution is 2.35. The standard InChI is InChI=1S/C28H28BrF2N5OS/c1-15-11-21(6-7-23(15)30)27-32-17(3)26(38-27)28(37)35-10-9-20(12-16(35)2)25-14-36(34-33-25)18(4)19-5-8-24(31)22(29)13-19/h5-8,11,13-14,16,18,20H,9-10,12H2,1-4H3/t16?,18-,20?/m0/s1. The Hall–Kier alpha value is -2.98. The van der Waals surface area contributed by atoms with Gasteiger partial charge in [0.1, 0.15) is 21.5 Å². The van der Waals surface area contributed by atoms with Crippen molar-refractivity contribution in [1.29, 1.82) is 0 Å². The summed E-state index contributed by atoms with van der Waals surface area (Å²) in [7, 11) is 0. The van der Waals surface area contributed by atoms with Gasteiger partial charge in [0.2, 0.25) is 0 Å². The van der Waals surface area contributed by atoms with Crippen LogP contribution in [0.4, 0.5) is 8.78 Å². The van der Waals surface area contributed by atoms with E-state index in [1.807, 2.05) is 24.9 Å². The molecule has 0 spiro atoms. The van der Waals surface area contributed by atoms with E-state index in [4.69, 9.17) is 0 Å². The zero-order valence-electron chi connectivity index (χ0n) is 21.6. The number of carbonyl (C=O) groups is 1. The van der Waals surface area contributed by atoms with E-state index >= 15 is 0 Å². The number of nitrogens with zero attached hydrogens (tertiary/aromatic N) is 5. The fourth-order valence-electron chi connectivity index (χ4n) is 4.96. The Balaban J connectivity index is 1.27. The van der Waals surface area contributed by atoms with Gasteiger partial charge in [0, 0.05) is 30.3 Å². The Morgan fingerprint density at radius 2 is 1.92 bits per heavy atom. The summed E-state index contributed by atoms with van der Waals surface area (Å²) < 4.78 is 29.6. The molecule has 1 saturated heterocycles. The largest absolute Gasteiger partial charge is 0.335 e. The van der Waals surface area contributed by atoms with E-state index < -0.39 is 0 Å². The van der Waals surface area contributed by atoms with Crippen molar-refractivity contribution < 1.29 is 13.6 Å². The number of amides is 1. The van der Waals surface area contributed by atoms with Crippen LogP contribution in [0.1, 0.15) is 70.8 Å². The Morgan fingerprint density at radius 1 is 1.16 bits per heavy atom. The van der Waals surface area contributed by atoms with E-state index in [0.717, 1.165) is 34.7 Å². The van der Waals surface area contributed by atoms with E-state index in [-0.39, 0.29) is 35.5 Å². The van der Waals surface area contributed by atoms with Crippen molar-refractivity contribution in [3.8, 4) is 10.6 Å². The molecule has 6 nitrogen and oxygen atoms in total. The topological polar surface area (TPSA) is 63.9 Å². The fourth-order valence-corrected chi connectivity index (χ4v) is 6.38. The first-order valence-electron chi connectivity index (χ1n) is 12.5. The first-order valence-corrected chi connectivity index (χ1v) is 14.1. The summed E-state index contributed by atoms with van der Waals surface area (Å²) in [6, 6.07) is 9.78. The molecule has 1 fully saturated rings. The van der Waals surface area contributed by atoms with E-state index in [9.17, 15) is 13.6 Å². The first kappa shape index (κ1) is 26.6. The maximum absolute atomic E-state index is 13.7. The smallest absolute Gasteiger partial charge is 0.266 e. The van der Waals surface area contributed by atoms with Crippen molar-refractivity contribution in [2.45, 2.75) is 58.5 Å². The molecule has 0 N–H and O–H groups in total. The zero-order chi connectivity index (χ0) is 27.1. The van der Waals surface area contributed by atoms with Crippen LogP contribution in [-0.2, 0) is 0 Å². The maximum atomic E-state index is 13.7. The molecule has 38 heavy (non-hydrogen) atoms. The summed E-state index contributed by atoms with van der Waals surface area (Å²) in [6.07, 6.45) is 3.52. The van der Waals surface area contributed by atoms with E-state index in [0.29, 0.717) is 27.2 Å². The summed E-state index contributed by atoms with van der Waals surface area (Å²) in [6.45, 7) is 8.24. The molecular formula is C28H28BrF2N5OS. The predicted molar refractivity (Wildman–Crippen MR) is 147 cm³/mol. The molecule has 1 amide bonds. The summed E-state index contributed by atoms with van der Waals surface area (Å²) in [4.78, 5) is 20.7. The van der Waals surface area contributed by atoms with Gasteiger partial charge in [-0.15, -0.1) is 16.4 Å². The number of benzene rings is 2. The van der Waals surface area contributed by atoms with Crippen LogP contribution in [0, 0.1) is 25.5 Å². The van der Waals surface area contributed by atoms with Gasteiger partial charge < -0.3 is 4.90 Å². The van der Waals surface area contributed by atoms with Crippen LogP contribution >= 0.6 is 27.3 Å². The molecule has 10 heteroatoms. The van der Waals surface area contributed by atoms with Crippen molar-refractivity contribution in [3.63, 3.8) is 0 Å². The molecule has 1 aliphatic heterocycles. The Labute approximate surface area is 232 Å². The summed E-state index contributed by atoms with van der Waals surface area (Å²) in [5.74, 6) is -0.385. The van der Waals surface area contributed by atoms with Crippen molar-refractivity contribution in [2.75, 3.05) is 6.54 Å². The van der Waals surface area contributed by atoms with Gasteiger partial charge in [0.15, 0.2) is 0 Å². The van der Waals surface area contributed by atoms with Gasteiger partial charge >= 0.3 is 0 Å². The number of likely N-dealkylation sites (tertiary alicyclic amines) is 1. The second-order valence-electron chi connectivity index (χ2n) is 9.94. The van der Waals surface area contributed by atoms with Gasteiger partial charge in [0.25, 0.3) is 5.91 Å². The summed E-state index contributed by atoms with van der Waals surface area (Å²) in [5, 5.41) is 9.51. The van der Waals surface area contributed by atoms with Gasteiger partial charge in [-0.1, -0.05) is 11.3 Å². The minimum absolute atomic E-state index is 0.0183. The Bertz CT molecular complexity index is 1500. The lowest BCUT2D eigenvalue weighted by Gasteiger charge is -2.37. The Morgan fingerprint density at radius 3 is 2.63 bits per heavy atom. The minimum atomic E-state index is -0.300. The van der Waals surface area contributed by atoms with Crippen LogP contribution in [0.3, 0.4) is 0 Å². The molecule has 198 valence electrons. The van der Waals surface area contributed by atoms with Crippen molar-refractivity contribution >= 4 is 33.2 Å². The molecule has 3 heterocycles. The number of thiazole rings is 1. The van der Waals surface area contributed by atoms with Crippen molar-refractivity contribution in [2.24, 2.45) is 0 Å². The van der Waals surface area contributed by atoms with Gasteiger partial charge in [-0.3, -0.25) is 4.79 Å². The second kappa shape index (κ2) is 10.6. The second-order valence-corrected chi connectivity index (χ2v) is 11.8. The summed E-state index contributed by atoms with van der Waals surface area (Å²) in [5.41, 5.74) is 3.89. The van der Waals surface area contributed by atoms with Gasteiger partial charge in [0.05, 0.1) is 21.9 Å². The molecule has 2 unspecified atom stereocenters. The molecule has 1 aliphatic rings. The predicted octanol–water partition coefficient (Wildman–Crippen LogP) is 7.08. The van der Waals surface area contributed by atoms with Crippen LogP contribution < -0.4 is 0 Å². The monoisotopic (exact) mass is 599 g/mol. The lowest BCUT2D eigenvalue weighted by molar-refractivity contribution is 0.0618. The number of hydrogen-bond donors (Lipinski definition) is 0. The molecule has 4 aromatic rings. The Kier molecular flexibility index (Phi) is 7.46. The van der Waals surface area contributed by atoms with Crippen molar-refractivity contribution in [3.05, 3.63) is 86.1 Å². The highest BCUT2D eigenvalue weighted by molar-refractivity contribution is 9.10. The third kappa shape index (κ3) is 5.16. The van der Waals surface area contributed by atoms with Gasteiger partial charge in [-0.25, -0.2) is 18.4 Å². The fraction of sp³-hybridized carbons (Fsp3) is 0.357. The maximum Gasteiger partial charge on any atom is 0.266 e. The van der Waals surface area contributed by atoms with Crippen LogP contribution in [-0.4, -0.2) is 43.4 Å². The third-order valence-electron chi connectivity index (χ3n) is 7.30. The van der Waals surface area contributed by atoms with Crippen LogP contribution in [0.2, 0.25) is 0 Å². The van der Waals surface area contributed by atoms with E-state index in [1.54, 1.807) is 35.9 Å². The van der Waals surface area contributed by atoms with Crippen LogP contribution in [0.15, 0.2) is 47.1 Å². The van der Waals surface area contributed by atoms with Gasteiger partial charge in [-0.2, -0.15) is 0 Å².